The van der Waals surface area contributed by atoms with Crippen LogP contribution < -0.4 is 9.80 Å². The van der Waals surface area contributed by atoms with Gasteiger partial charge in [0, 0.05) is 19.4 Å². The number of morpholine rings is 1. The van der Waals surface area contributed by atoms with E-state index in [-0.39, 0.29) is 5.91 Å². The van der Waals surface area contributed by atoms with Crippen LogP contribution in [0.1, 0.15) is 37.3 Å². The summed E-state index contributed by atoms with van der Waals surface area (Å²) in [5.74, 6) is 0.193. The molecule has 1 aliphatic heterocycles. The zero-order valence-corrected chi connectivity index (χ0v) is 17.0. The van der Waals surface area contributed by atoms with Crippen molar-refractivity contribution in [1.82, 2.24) is 4.98 Å². The van der Waals surface area contributed by atoms with E-state index in [1.54, 1.807) is 16.2 Å². The van der Waals surface area contributed by atoms with Crippen molar-refractivity contribution in [2.45, 2.75) is 40.0 Å². The minimum absolute atomic E-state index is 0.193. The fourth-order valence-corrected chi connectivity index (χ4v) is 4.47. The van der Waals surface area contributed by atoms with Crippen LogP contribution in [0.3, 0.4) is 0 Å². The Morgan fingerprint density at radius 1 is 1.31 bits per heavy atom. The monoisotopic (exact) mass is 376 g/mol. The number of amides is 1. The number of benzene rings is 1. The van der Waals surface area contributed by atoms with Crippen LogP contribution in [0.5, 0.6) is 0 Å². The number of anilines is 1. The number of aryl methyl sites for hydroxylation is 2. The predicted octanol–water partition coefficient (Wildman–Crippen LogP) is 2.35. The Morgan fingerprint density at radius 2 is 2.08 bits per heavy atom. The van der Waals surface area contributed by atoms with E-state index in [9.17, 15) is 4.79 Å². The lowest BCUT2D eigenvalue weighted by Gasteiger charge is -2.25. The number of hydrogen-bond acceptors (Lipinski definition) is 4. The molecule has 1 aromatic carbocycles. The Hall–Kier alpha value is -1.50. The molecule has 0 saturated carbocycles. The molecule has 0 unspecified atom stereocenters. The van der Waals surface area contributed by atoms with Crippen LogP contribution in [0.4, 0.5) is 5.13 Å². The van der Waals surface area contributed by atoms with Crippen molar-refractivity contribution in [2.24, 2.45) is 0 Å². The molecular formula is C20H30N3O2S+. The molecule has 1 aliphatic rings. The van der Waals surface area contributed by atoms with Gasteiger partial charge in [0.25, 0.3) is 0 Å². The van der Waals surface area contributed by atoms with Crippen LogP contribution in [0.25, 0.3) is 10.2 Å². The van der Waals surface area contributed by atoms with Gasteiger partial charge < -0.3 is 9.64 Å². The maximum absolute atomic E-state index is 12.7. The zero-order valence-electron chi connectivity index (χ0n) is 16.1. The molecule has 0 atom stereocenters. The highest BCUT2D eigenvalue weighted by Crippen LogP contribution is 2.32. The summed E-state index contributed by atoms with van der Waals surface area (Å²) in [6, 6.07) is 4.26. The summed E-state index contributed by atoms with van der Waals surface area (Å²) in [7, 11) is 0. The van der Waals surface area contributed by atoms with Gasteiger partial charge in [-0.15, -0.1) is 0 Å². The molecule has 26 heavy (non-hydrogen) atoms. The van der Waals surface area contributed by atoms with Crippen molar-refractivity contribution in [3.05, 3.63) is 23.3 Å². The molecule has 1 saturated heterocycles. The standard InChI is InChI=1S/C20H29N3O2S/c1-4-6-18(24)23(10-5-9-22-11-13-25-14-12-22)20-21-19-16(3)15(2)7-8-17(19)26-20/h7-8H,4-6,9-14H2,1-3H3/p+1. The van der Waals surface area contributed by atoms with E-state index in [0.29, 0.717) is 6.42 Å². The number of hydrogen-bond donors (Lipinski definition) is 1. The maximum Gasteiger partial charge on any atom is 0.228 e. The van der Waals surface area contributed by atoms with Gasteiger partial charge in [-0.25, -0.2) is 4.98 Å². The highest BCUT2D eigenvalue weighted by molar-refractivity contribution is 7.22. The number of carbonyl (C=O) groups is 1. The number of rotatable bonds is 7. The minimum Gasteiger partial charge on any atom is -0.370 e. The molecule has 1 fully saturated rings. The number of quaternary nitrogens is 1. The van der Waals surface area contributed by atoms with E-state index in [0.717, 1.165) is 67.6 Å². The van der Waals surface area contributed by atoms with Gasteiger partial charge in [0.15, 0.2) is 5.13 Å². The summed E-state index contributed by atoms with van der Waals surface area (Å²) in [4.78, 5) is 21.1. The third-order valence-corrected chi connectivity index (χ3v) is 6.22. The van der Waals surface area contributed by atoms with Crippen molar-refractivity contribution in [3.63, 3.8) is 0 Å². The fourth-order valence-electron chi connectivity index (χ4n) is 3.40. The molecule has 2 heterocycles. The first-order chi connectivity index (χ1) is 12.6. The first-order valence-corrected chi connectivity index (χ1v) is 10.5. The van der Waals surface area contributed by atoms with Gasteiger partial charge in [-0.3, -0.25) is 9.69 Å². The molecule has 2 aromatic rings. The second-order valence-corrected chi connectivity index (χ2v) is 8.12. The Balaban J connectivity index is 1.75. The number of carbonyl (C=O) groups excluding carboxylic acids is 1. The topological polar surface area (TPSA) is 46.9 Å². The second-order valence-electron chi connectivity index (χ2n) is 7.11. The third kappa shape index (κ3) is 4.42. The van der Waals surface area contributed by atoms with Crippen molar-refractivity contribution in [2.75, 3.05) is 44.3 Å². The first kappa shape index (κ1) is 19.3. The highest BCUT2D eigenvalue weighted by Gasteiger charge is 2.21. The number of thiazole rings is 1. The average Bonchev–Trinajstić information content (AvgIpc) is 3.07. The molecular weight excluding hydrogens is 346 g/mol. The molecule has 1 N–H and O–H groups in total. The Kier molecular flexibility index (Phi) is 6.62. The van der Waals surface area contributed by atoms with Crippen molar-refractivity contribution < 1.29 is 14.4 Å². The van der Waals surface area contributed by atoms with E-state index in [2.05, 4.69) is 32.9 Å². The van der Waals surface area contributed by atoms with Crippen molar-refractivity contribution in [3.8, 4) is 0 Å². The second kappa shape index (κ2) is 8.93. The number of aromatic nitrogens is 1. The summed E-state index contributed by atoms with van der Waals surface area (Å²) in [5, 5.41) is 0.851. The molecule has 0 spiro atoms. The highest BCUT2D eigenvalue weighted by atomic mass is 32.1. The van der Waals surface area contributed by atoms with E-state index < -0.39 is 0 Å². The first-order valence-electron chi connectivity index (χ1n) is 9.68. The number of nitrogens with one attached hydrogen (secondary N) is 1. The van der Waals surface area contributed by atoms with Gasteiger partial charge in [-0.1, -0.05) is 24.3 Å². The van der Waals surface area contributed by atoms with Crippen molar-refractivity contribution in [1.29, 1.82) is 0 Å². The van der Waals surface area contributed by atoms with Crippen LogP contribution in [0.15, 0.2) is 12.1 Å². The van der Waals surface area contributed by atoms with E-state index in [1.165, 1.54) is 11.1 Å². The van der Waals surface area contributed by atoms with E-state index in [4.69, 9.17) is 9.72 Å². The predicted molar refractivity (Wildman–Crippen MR) is 107 cm³/mol. The summed E-state index contributed by atoms with van der Waals surface area (Å²) < 4.78 is 6.59. The quantitative estimate of drug-likeness (QED) is 0.807. The molecule has 5 nitrogen and oxygen atoms in total. The minimum atomic E-state index is 0.193. The van der Waals surface area contributed by atoms with Gasteiger partial charge in [0.1, 0.15) is 13.1 Å². The third-order valence-electron chi connectivity index (χ3n) is 5.18. The number of nitrogens with zero attached hydrogens (tertiary/aromatic N) is 2. The smallest absolute Gasteiger partial charge is 0.228 e. The Morgan fingerprint density at radius 3 is 2.81 bits per heavy atom. The van der Waals surface area contributed by atoms with E-state index >= 15 is 0 Å². The SMILES string of the molecule is CCCC(=O)N(CCC[NH+]1CCOCC1)c1nc2c(C)c(C)ccc2s1. The Bertz CT molecular complexity index is 753. The zero-order chi connectivity index (χ0) is 18.5. The molecule has 1 amide bonds. The summed E-state index contributed by atoms with van der Waals surface area (Å²) in [6.45, 7) is 12.0. The van der Waals surface area contributed by atoms with Gasteiger partial charge in [-0.2, -0.15) is 0 Å². The van der Waals surface area contributed by atoms with Crippen LogP contribution in [0.2, 0.25) is 0 Å². The number of fused-ring (bicyclic) bond motifs is 1. The van der Waals surface area contributed by atoms with Crippen LogP contribution >= 0.6 is 11.3 Å². The van der Waals surface area contributed by atoms with Gasteiger partial charge in [0.2, 0.25) is 5.91 Å². The largest absolute Gasteiger partial charge is 0.370 e. The molecule has 0 radical (unpaired) electrons. The molecule has 3 rings (SSSR count). The van der Waals surface area contributed by atoms with Crippen LogP contribution in [-0.2, 0) is 9.53 Å². The van der Waals surface area contributed by atoms with Gasteiger partial charge in [0.05, 0.1) is 30.0 Å². The lowest BCUT2D eigenvalue weighted by atomic mass is 10.1. The van der Waals surface area contributed by atoms with E-state index in [1.807, 2.05) is 4.90 Å². The molecule has 0 aliphatic carbocycles. The molecule has 142 valence electrons. The Labute approximate surface area is 160 Å². The molecule has 1 aromatic heterocycles. The lowest BCUT2D eigenvalue weighted by Crippen LogP contribution is -3.14. The van der Waals surface area contributed by atoms with Crippen molar-refractivity contribution >= 4 is 32.6 Å². The van der Waals surface area contributed by atoms with Gasteiger partial charge in [-0.05, 0) is 37.5 Å². The normalized spacial score (nSPS) is 15.5. The van der Waals surface area contributed by atoms with Crippen LogP contribution in [-0.4, -0.2) is 50.3 Å². The summed E-state index contributed by atoms with van der Waals surface area (Å²) in [6.07, 6.45) is 2.45. The summed E-state index contributed by atoms with van der Waals surface area (Å²) >= 11 is 1.64. The maximum atomic E-state index is 12.7. The lowest BCUT2D eigenvalue weighted by molar-refractivity contribution is -0.908. The number of ether oxygens (including phenoxy) is 1. The van der Waals surface area contributed by atoms with Gasteiger partial charge >= 0.3 is 0 Å². The summed E-state index contributed by atoms with van der Waals surface area (Å²) in [5.41, 5.74) is 3.50. The van der Waals surface area contributed by atoms with Crippen LogP contribution in [0, 0.1) is 13.8 Å². The average molecular weight is 377 g/mol. The molecule has 0 bridgehead atoms. The molecule has 6 heteroatoms. The fraction of sp³-hybridized carbons (Fsp3) is 0.600.